The normalized spacial score (nSPS) is 11.6. The van der Waals surface area contributed by atoms with Crippen LogP contribution in [0.15, 0.2) is 6.20 Å². The molecule has 0 atom stereocenters. The summed E-state index contributed by atoms with van der Waals surface area (Å²) in [5, 5.41) is 7.36. The van der Waals surface area contributed by atoms with Crippen molar-refractivity contribution in [2.24, 2.45) is 7.05 Å². The summed E-state index contributed by atoms with van der Waals surface area (Å²) >= 11 is 0. The van der Waals surface area contributed by atoms with Gasteiger partial charge in [0.15, 0.2) is 0 Å². The first-order valence-electron chi connectivity index (χ1n) is 6.35. The molecule has 0 bridgehead atoms. The van der Waals surface area contributed by atoms with Gasteiger partial charge in [0.25, 0.3) is 0 Å². The molecule has 0 saturated heterocycles. The van der Waals surface area contributed by atoms with Crippen LogP contribution in [0.4, 0.5) is 0 Å². The topological polar surface area (TPSA) is 65.4 Å². The second-order valence-corrected chi connectivity index (χ2v) is 4.92. The Balaban J connectivity index is 2.68. The highest BCUT2D eigenvalue weighted by atomic mass is 16.5. The van der Waals surface area contributed by atoms with Gasteiger partial charge in [-0.05, 0) is 20.8 Å². The third-order valence-electron chi connectivity index (χ3n) is 2.95. The predicted octanol–water partition coefficient (Wildman–Crippen LogP) is 1.11. The highest BCUT2D eigenvalue weighted by Gasteiger charge is 2.19. The highest BCUT2D eigenvalue weighted by molar-refractivity contribution is 5.90. The molecule has 0 spiro atoms. The van der Waals surface area contributed by atoms with E-state index in [1.54, 1.807) is 25.8 Å². The molecule has 0 aromatic carbocycles. The third-order valence-corrected chi connectivity index (χ3v) is 2.95. The molecule has 0 unspecified atom stereocenters. The number of carbonyl (C=O) groups is 1. The van der Waals surface area contributed by atoms with Gasteiger partial charge in [0.1, 0.15) is 5.56 Å². The van der Waals surface area contributed by atoms with Crippen LogP contribution in [-0.4, -0.2) is 41.6 Å². The summed E-state index contributed by atoms with van der Waals surface area (Å²) in [6.07, 6.45) is 1.54. The van der Waals surface area contributed by atoms with E-state index < -0.39 is 0 Å². The maximum atomic E-state index is 11.8. The van der Waals surface area contributed by atoms with Crippen molar-refractivity contribution in [3.8, 4) is 0 Å². The summed E-state index contributed by atoms with van der Waals surface area (Å²) in [5.41, 5.74) is 1.07. The summed E-state index contributed by atoms with van der Waals surface area (Å²) in [6, 6.07) is 0. The molecule has 1 N–H and O–H groups in total. The first-order valence-corrected chi connectivity index (χ1v) is 6.35. The Labute approximate surface area is 114 Å². The molecule has 1 rings (SSSR count). The fourth-order valence-corrected chi connectivity index (χ4v) is 1.61. The zero-order valence-electron chi connectivity index (χ0n) is 12.3. The van der Waals surface area contributed by atoms with E-state index >= 15 is 0 Å². The van der Waals surface area contributed by atoms with Crippen LogP contribution in [0.3, 0.4) is 0 Å². The van der Waals surface area contributed by atoms with Gasteiger partial charge in [-0.3, -0.25) is 4.68 Å². The van der Waals surface area contributed by atoms with Crippen LogP contribution in [0, 0.1) is 0 Å². The maximum absolute atomic E-state index is 11.8. The van der Waals surface area contributed by atoms with Crippen molar-refractivity contribution in [3.63, 3.8) is 0 Å². The number of hydrogen-bond acceptors (Lipinski definition) is 5. The second-order valence-electron chi connectivity index (χ2n) is 4.92. The van der Waals surface area contributed by atoms with Gasteiger partial charge in [0, 0.05) is 27.2 Å². The molecule has 0 aliphatic heterocycles. The van der Waals surface area contributed by atoms with Crippen molar-refractivity contribution >= 4 is 5.97 Å². The first-order chi connectivity index (χ1) is 8.91. The lowest BCUT2D eigenvalue weighted by atomic mass is 10.1. The number of aromatic nitrogens is 2. The van der Waals surface area contributed by atoms with E-state index in [0.717, 1.165) is 5.69 Å². The van der Waals surface area contributed by atoms with E-state index in [-0.39, 0.29) is 11.6 Å². The smallest absolute Gasteiger partial charge is 0.341 e. The molecule has 6 heteroatoms. The van der Waals surface area contributed by atoms with E-state index in [0.29, 0.717) is 25.3 Å². The number of esters is 1. The monoisotopic (exact) mass is 269 g/mol. The molecule has 0 fully saturated rings. The zero-order chi connectivity index (χ0) is 14.5. The standard InChI is InChI=1S/C13H23N3O3/c1-6-19-12(17)10-7-15-16(4)11(10)8-14-9-13(2,3)18-5/h7,14H,6,8-9H2,1-5H3. The van der Waals surface area contributed by atoms with Crippen molar-refractivity contribution < 1.29 is 14.3 Å². The van der Waals surface area contributed by atoms with E-state index in [1.807, 2.05) is 13.8 Å². The van der Waals surface area contributed by atoms with Crippen LogP contribution in [0.5, 0.6) is 0 Å². The predicted molar refractivity (Wildman–Crippen MR) is 72.0 cm³/mol. The minimum Gasteiger partial charge on any atom is -0.462 e. The minimum absolute atomic E-state index is 0.247. The molecular weight excluding hydrogens is 246 g/mol. The number of ether oxygens (including phenoxy) is 2. The van der Waals surface area contributed by atoms with Crippen molar-refractivity contribution in [1.29, 1.82) is 0 Å². The van der Waals surface area contributed by atoms with Crippen molar-refractivity contribution in [2.45, 2.75) is 32.9 Å². The molecule has 0 aliphatic carbocycles. The Bertz CT molecular complexity index is 427. The molecule has 0 radical (unpaired) electrons. The molecular formula is C13H23N3O3. The van der Waals surface area contributed by atoms with Gasteiger partial charge in [-0.1, -0.05) is 0 Å². The van der Waals surface area contributed by atoms with E-state index in [2.05, 4.69) is 10.4 Å². The molecule has 1 heterocycles. The van der Waals surface area contributed by atoms with E-state index in [4.69, 9.17) is 9.47 Å². The lowest BCUT2D eigenvalue weighted by Crippen LogP contribution is -2.36. The van der Waals surface area contributed by atoms with Crippen molar-refractivity contribution in [1.82, 2.24) is 15.1 Å². The van der Waals surface area contributed by atoms with Gasteiger partial charge in [0.2, 0.25) is 0 Å². The van der Waals surface area contributed by atoms with Gasteiger partial charge in [-0.15, -0.1) is 0 Å². The van der Waals surface area contributed by atoms with Gasteiger partial charge in [-0.2, -0.15) is 5.10 Å². The maximum Gasteiger partial charge on any atom is 0.341 e. The number of carbonyl (C=O) groups excluding carboxylic acids is 1. The largest absolute Gasteiger partial charge is 0.462 e. The minimum atomic E-state index is -0.335. The summed E-state index contributed by atoms with van der Waals surface area (Å²) in [5.74, 6) is -0.335. The number of nitrogens with one attached hydrogen (secondary N) is 1. The Morgan fingerprint density at radius 2 is 2.21 bits per heavy atom. The summed E-state index contributed by atoms with van der Waals surface area (Å²) in [6.45, 7) is 7.35. The third kappa shape index (κ3) is 4.33. The number of rotatable bonds is 7. The SMILES string of the molecule is CCOC(=O)c1cnn(C)c1CNCC(C)(C)OC. The highest BCUT2D eigenvalue weighted by Crippen LogP contribution is 2.10. The van der Waals surface area contributed by atoms with Gasteiger partial charge < -0.3 is 14.8 Å². The first kappa shape index (κ1) is 15.7. The molecule has 1 aromatic heterocycles. The Hall–Kier alpha value is -1.40. The van der Waals surface area contributed by atoms with Crippen LogP contribution in [0.1, 0.15) is 36.8 Å². The average molecular weight is 269 g/mol. The molecule has 19 heavy (non-hydrogen) atoms. The number of aryl methyl sites for hydroxylation is 1. The van der Waals surface area contributed by atoms with Crippen LogP contribution in [0.2, 0.25) is 0 Å². The fourth-order valence-electron chi connectivity index (χ4n) is 1.61. The molecule has 6 nitrogen and oxygen atoms in total. The van der Waals surface area contributed by atoms with Crippen LogP contribution in [0.25, 0.3) is 0 Å². The van der Waals surface area contributed by atoms with Crippen molar-refractivity contribution in [2.75, 3.05) is 20.3 Å². The van der Waals surface area contributed by atoms with Gasteiger partial charge in [-0.25, -0.2) is 4.79 Å². The summed E-state index contributed by atoms with van der Waals surface area (Å²) in [4.78, 5) is 11.8. The molecule has 108 valence electrons. The molecule has 0 amide bonds. The molecule has 0 aliphatic rings. The van der Waals surface area contributed by atoms with Crippen LogP contribution in [-0.2, 0) is 23.1 Å². The lowest BCUT2D eigenvalue weighted by Gasteiger charge is -2.23. The number of nitrogens with zero attached hydrogens (tertiary/aromatic N) is 2. The Kier molecular flexibility index (Phi) is 5.50. The van der Waals surface area contributed by atoms with E-state index in [9.17, 15) is 4.79 Å². The molecule has 0 saturated carbocycles. The van der Waals surface area contributed by atoms with E-state index in [1.165, 1.54) is 6.20 Å². The van der Waals surface area contributed by atoms with Crippen LogP contribution >= 0.6 is 0 Å². The Morgan fingerprint density at radius 3 is 2.79 bits per heavy atom. The van der Waals surface area contributed by atoms with Crippen molar-refractivity contribution in [3.05, 3.63) is 17.5 Å². The average Bonchev–Trinajstić information content (AvgIpc) is 2.71. The number of methoxy groups -OCH3 is 1. The summed E-state index contributed by atoms with van der Waals surface area (Å²) in [7, 11) is 3.48. The fraction of sp³-hybridized carbons (Fsp3) is 0.692. The number of hydrogen-bond donors (Lipinski definition) is 1. The van der Waals surface area contributed by atoms with Gasteiger partial charge >= 0.3 is 5.97 Å². The second kappa shape index (κ2) is 6.68. The zero-order valence-corrected chi connectivity index (χ0v) is 12.3. The van der Waals surface area contributed by atoms with Gasteiger partial charge in [0.05, 0.1) is 24.1 Å². The molecule has 1 aromatic rings. The van der Waals surface area contributed by atoms with Crippen LogP contribution < -0.4 is 5.32 Å². The quantitative estimate of drug-likeness (QED) is 0.751. The Morgan fingerprint density at radius 1 is 1.53 bits per heavy atom. The lowest BCUT2D eigenvalue weighted by molar-refractivity contribution is 0.0229. The summed E-state index contributed by atoms with van der Waals surface area (Å²) < 4.78 is 12.0.